The average molecular weight is 398 g/mol. The molecule has 0 spiro atoms. The highest BCUT2D eigenvalue weighted by Crippen LogP contribution is 2.29. The van der Waals surface area contributed by atoms with E-state index in [0.29, 0.717) is 23.5 Å². The highest BCUT2D eigenvalue weighted by atomic mass is 32.2. The van der Waals surface area contributed by atoms with Crippen LogP contribution in [0, 0.1) is 6.92 Å². The van der Waals surface area contributed by atoms with E-state index in [1.807, 2.05) is 6.07 Å². The molecule has 0 bridgehead atoms. The molecule has 1 atom stereocenters. The fourth-order valence-electron chi connectivity index (χ4n) is 2.96. The molecule has 2 aromatic carbocycles. The van der Waals surface area contributed by atoms with Gasteiger partial charge in [0.25, 0.3) is 5.91 Å². The van der Waals surface area contributed by atoms with Crippen molar-refractivity contribution in [2.24, 2.45) is 0 Å². The predicted molar refractivity (Wildman–Crippen MR) is 117 cm³/mol. The number of amides is 2. The van der Waals surface area contributed by atoms with Crippen LogP contribution in [0.25, 0.3) is 0 Å². The first-order valence-corrected chi connectivity index (χ1v) is 10.8. The molecule has 3 rings (SSSR count). The minimum atomic E-state index is -0.285. The van der Waals surface area contributed by atoms with E-state index in [9.17, 15) is 9.59 Å². The summed E-state index contributed by atoms with van der Waals surface area (Å²) in [7, 11) is 0. The van der Waals surface area contributed by atoms with E-state index in [2.05, 4.69) is 54.1 Å². The van der Waals surface area contributed by atoms with Crippen LogP contribution < -0.4 is 16.0 Å². The van der Waals surface area contributed by atoms with Gasteiger partial charge in [0.15, 0.2) is 0 Å². The molecule has 1 aliphatic heterocycles. The molecule has 0 saturated carbocycles. The molecule has 3 N–H and O–H groups in total. The summed E-state index contributed by atoms with van der Waals surface area (Å²) in [6, 6.07) is 13.6. The van der Waals surface area contributed by atoms with Gasteiger partial charge in [-0.1, -0.05) is 43.2 Å². The number of anilines is 2. The summed E-state index contributed by atoms with van der Waals surface area (Å²) in [5, 5.41) is 9.13. The molecule has 0 radical (unpaired) electrons. The van der Waals surface area contributed by atoms with E-state index >= 15 is 0 Å². The minimum absolute atomic E-state index is 0.0625. The van der Waals surface area contributed by atoms with Gasteiger partial charge in [-0.3, -0.25) is 9.59 Å². The molecular formula is C22H27N3O2S. The number of hydrogen-bond acceptors (Lipinski definition) is 4. The van der Waals surface area contributed by atoms with Crippen LogP contribution in [-0.2, 0) is 10.5 Å². The number of benzene rings is 2. The first-order chi connectivity index (χ1) is 13.6. The highest BCUT2D eigenvalue weighted by molar-refractivity contribution is 7.98. The molecule has 0 aliphatic carbocycles. The lowest BCUT2D eigenvalue weighted by atomic mass is 10.1. The van der Waals surface area contributed by atoms with Gasteiger partial charge in [-0.05, 0) is 37.1 Å². The largest absolute Gasteiger partial charge is 0.371 e. The Bertz CT molecular complexity index is 836. The molecule has 1 aliphatic rings. The maximum absolute atomic E-state index is 12.4. The van der Waals surface area contributed by atoms with Gasteiger partial charge in [-0.25, -0.2) is 0 Å². The molecule has 2 amide bonds. The Balaban J connectivity index is 1.56. The summed E-state index contributed by atoms with van der Waals surface area (Å²) in [5.74, 6) is 1.38. The standard InChI is InChI=1S/C22H27N3O2S/c1-3-4-11-23-21(26)17-9-10-18-19(12-17)25-22(27)20(24-18)14-28-13-16-7-5-15(2)6-8-16/h5-10,12,20,24H,3-4,11,13-14H2,1-2H3,(H,23,26)(H,25,27). The van der Waals surface area contributed by atoms with Crippen molar-refractivity contribution in [1.29, 1.82) is 0 Å². The lowest BCUT2D eigenvalue weighted by Gasteiger charge is -2.27. The summed E-state index contributed by atoms with van der Waals surface area (Å²) < 4.78 is 0. The SMILES string of the molecule is CCCCNC(=O)c1ccc2c(c1)NC(=O)C(CSCc1ccc(C)cc1)N2. The van der Waals surface area contributed by atoms with Crippen molar-refractivity contribution < 1.29 is 9.59 Å². The van der Waals surface area contributed by atoms with Crippen LogP contribution >= 0.6 is 11.8 Å². The Hall–Kier alpha value is -2.47. The number of rotatable bonds is 8. The fraction of sp³-hybridized carbons (Fsp3) is 0.364. The van der Waals surface area contributed by atoms with E-state index < -0.39 is 0 Å². The quantitative estimate of drug-likeness (QED) is 0.584. The van der Waals surface area contributed by atoms with Crippen LogP contribution in [0.5, 0.6) is 0 Å². The van der Waals surface area contributed by atoms with E-state index in [4.69, 9.17) is 0 Å². The second-order valence-electron chi connectivity index (χ2n) is 7.06. The zero-order chi connectivity index (χ0) is 19.9. The van der Waals surface area contributed by atoms with Gasteiger partial charge >= 0.3 is 0 Å². The molecule has 2 aromatic rings. The molecule has 1 heterocycles. The minimum Gasteiger partial charge on any atom is -0.371 e. The van der Waals surface area contributed by atoms with Crippen LogP contribution in [-0.4, -0.2) is 30.2 Å². The molecule has 0 fully saturated rings. The summed E-state index contributed by atoms with van der Waals surface area (Å²) >= 11 is 1.73. The molecular weight excluding hydrogens is 370 g/mol. The van der Waals surface area contributed by atoms with E-state index in [1.54, 1.807) is 23.9 Å². The van der Waals surface area contributed by atoms with Crippen LogP contribution in [0.1, 0.15) is 41.3 Å². The normalized spacial score (nSPS) is 15.4. The van der Waals surface area contributed by atoms with Crippen molar-refractivity contribution in [3.63, 3.8) is 0 Å². The third kappa shape index (κ3) is 5.29. The van der Waals surface area contributed by atoms with Crippen molar-refractivity contribution in [3.8, 4) is 0 Å². The first-order valence-electron chi connectivity index (χ1n) is 9.69. The van der Waals surface area contributed by atoms with E-state index in [-0.39, 0.29) is 17.9 Å². The van der Waals surface area contributed by atoms with Crippen molar-refractivity contribution in [1.82, 2.24) is 5.32 Å². The van der Waals surface area contributed by atoms with E-state index in [1.165, 1.54) is 11.1 Å². The molecule has 148 valence electrons. The maximum atomic E-state index is 12.4. The highest BCUT2D eigenvalue weighted by Gasteiger charge is 2.26. The number of carbonyl (C=O) groups is 2. The van der Waals surface area contributed by atoms with Gasteiger partial charge < -0.3 is 16.0 Å². The molecule has 6 heteroatoms. The summed E-state index contributed by atoms with van der Waals surface area (Å²) in [6.07, 6.45) is 1.99. The predicted octanol–water partition coefficient (Wildman–Crippen LogP) is 4.19. The fourth-order valence-corrected chi connectivity index (χ4v) is 3.98. The molecule has 5 nitrogen and oxygen atoms in total. The molecule has 0 aromatic heterocycles. The van der Waals surface area contributed by atoms with Gasteiger partial charge in [0.05, 0.1) is 11.4 Å². The van der Waals surface area contributed by atoms with Crippen molar-refractivity contribution in [2.45, 2.75) is 38.5 Å². The number of carbonyl (C=O) groups excluding carboxylic acids is 2. The summed E-state index contributed by atoms with van der Waals surface area (Å²) in [5.41, 5.74) is 4.57. The number of nitrogens with one attached hydrogen (secondary N) is 3. The summed E-state index contributed by atoms with van der Waals surface area (Å²) in [4.78, 5) is 24.6. The van der Waals surface area contributed by atoms with Gasteiger partial charge in [0.1, 0.15) is 6.04 Å². The number of hydrogen-bond donors (Lipinski definition) is 3. The van der Waals surface area contributed by atoms with Crippen LogP contribution in [0.4, 0.5) is 11.4 Å². The Morgan fingerprint density at radius 1 is 1.14 bits per heavy atom. The van der Waals surface area contributed by atoms with Gasteiger partial charge in [-0.15, -0.1) is 0 Å². The lowest BCUT2D eigenvalue weighted by Crippen LogP contribution is -2.40. The van der Waals surface area contributed by atoms with E-state index in [0.717, 1.165) is 24.3 Å². The van der Waals surface area contributed by atoms with Crippen molar-refractivity contribution >= 4 is 35.0 Å². The van der Waals surface area contributed by atoms with Crippen molar-refractivity contribution in [3.05, 3.63) is 59.2 Å². The monoisotopic (exact) mass is 397 g/mol. The van der Waals surface area contributed by atoms with Gasteiger partial charge in [0, 0.05) is 23.6 Å². The Labute approximate surface area is 170 Å². The second kappa shape index (κ2) is 9.64. The van der Waals surface area contributed by atoms with Crippen LogP contribution in [0.15, 0.2) is 42.5 Å². The van der Waals surface area contributed by atoms with Gasteiger partial charge in [0.2, 0.25) is 5.91 Å². The number of fused-ring (bicyclic) bond motifs is 1. The van der Waals surface area contributed by atoms with Gasteiger partial charge in [-0.2, -0.15) is 11.8 Å². The third-order valence-electron chi connectivity index (χ3n) is 4.68. The first kappa shape index (κ1) is 20.3. The van der Waals surface area contributed by atoms with Crippen molar-refractivity contribution in [2.75, 3.05) is 22.9 Å². The molecule has 28 heavy (non-hydrogen) atoms. The zero-order valence-electron chi connectivity index (χ0n) is 16.4. The Kier molecular flexibility index (Phi) is 6.98. The Morgan fingerprint density at radius 2 is 1.93 bits per heavy atom. The molecule has 0 saturated heterocycles. The third-order valence-corrected chi connectivity index (χ3v) is 5.78. The second-order valence-corrected chi connectivity index (χ2v) is 8.09. The molecule has 1 unspecified atom stereocenters. The Morgan fingerprint density at radius 3 is 2.68 bits per heavy atom. The number of aryl methyl sites for hydroxylation is 1. The zero-order valence-corrected chi connectivity index (χ0v) is 17.2. The number of thioether (sulfide) groups is 1. The van der Waals surface area contributed by atoms with Crippen LogP contribution in [0.2, 0.25) is 0 Å². The number of unbranched alkanes of at least 4 members (excludes halogenated alkanes) is 1. The summed E-state index contributed by atoms with van der Waals surface area (Å²) in [6.45, 7) is 4.82. The topological polar surface area (TPSA) is 70.2 Å². The lowest BCUT2D eigenvalue weighted by molar-refractivity contribution is -0.116. The average Bonchev–Trinajstić information content (AvgIpc) is 2.69. The smallest absolute Gasteiger partial charge is 0.251 e. The van der Waals surface area contributed by atoms with Crippen LogP contribution in [0.3, 0.4) is 0 Å². The maximum Gasteiger partial charge on any atom is 0.251 e.